The summed E-state index contributed by atoms with van der Waals surface area (Å²) in [6.45, 7) is 2.72. The van der Waals surface area contributed by atoms with E-state index >= 15 is 0 Å². The van der Waals surface area contributed by atoms with Gasteiger partial charge >= 0.3 is 0 Å². The molecule has 0 aromatic rings. The molecule has 0 saturated heterocycles. The van der Waals surface area contributed by atoms with Crippen LogP contribution in [0.2, 0.25) is 0 Å². The Morgan fingerprint density at radius 3 is 2.78 bits per heavy atom. The molecular formula is C6H14NO2+. The zero-order chi connectivity index (χ0) is 7.11. The Balaban J connectivity index is 3.06. The molecule has 3 heteroatoms. The second-order valence-electron chi connectivity index (χ2n) is 1.85. The molecule has 3 nitrogen and oxygen atoms in total. The first kappa shape index (κ1) is 8.43. The number of carbonyl (C=O) groups excluding carboxylic acids is 1. The highest BCUT2D eigenvalue weighted by molar-refractivity contribution is 5.75. The quantitative estimate of drug-likeness (QED) is 0.521. The molecule has 0 aliphatic carbocycles. The maximum Gasteiger partial charge on any atom is 0.220 e. The fraction of sp³-hybridized carbons (Fsp3) is 0.833. The summed E-state index contributed by atoms with van der Waals surface area (Å²) in [5.74, 6) is 0.0600. The normalized spacial score (nSPS) is 9.11. The predicted molar refractivity (Wildman–Crippen MR) is 36.4 cm³/mol. The van der Waals surface area contributed by atoms with Gasteiger partial charge in [-0.05, 0) is 6.42 Å². The number of rotatable bonds is 4. The van der Waals surface area contributed by atoms with Gasteiger partial charge in [0.05, 0.1) is 6.54 Å². The molecule has 0 fully saturated rings. The maximum atomic E-state index is 10.6. The van der Waals surface area contributed by atoms with E-state index in [-0.39, 0.29) is 12.5 Å². The molecule has 0 bridgehead atoms. The Morgan fingerprint density at radius 2 is 2.33 bits per heavy atom. The lowest BCUT2D eigenvalue weighted by Gasteiger charge is -1.97. The Hall–Kier alpha value is -0.570. The summed E-state index contributed by atoms with van der Waals surface area (Å²) in [6, 6.07) is 0. The molecule has 0 atom stereocenters. The van der Waals surface area contributed by atoms with Crippen molar-refractivity contribution in [3.63, 3.8) is 0 Å². The SMILES string of the molecule is CCCC(=O)NCC[OH2+]. The van der Waals surface area contributed by atoms with E-state index in [1.165, 1.54) is 0 Å². The van der Waals surface area contributed by atoms with Crippen LogP contribution in [0.15, 0.2) is 0 Å². The topological polar surface area (TPSA) is 52.0 Å². The highest BCUT2D eigenvalue weighted by Gasteiger charge is 1.95. The summed E-state index contributed by atoms with van der Waals surface area (Å²) >= 11 is 0. The summed E-state index contributed by atoms with van der Waals surface area (Å²) in [5.41, 5.74) is 0. The molecule has 0 radical (unpaired) electrons. The van der Waals surface area contributed by atoms with Crippen molar-refractivity contribution in [2.75, 3.05) is 13.2 Å². The van der Waals surface area contributed by atoms with Gasteiger partial charge in [0.25, 0.3) is 0 Å². The number of hydrogen-bond donors (Lipinski definition) is 1. The Kier molecular flexibility index (Phi) is 5.21. The lowest BCUT2D eigenvalue weighted by Crippen LogP contribution is -2.25. The molecule has 0 saturated carbocycles. The fourth-order valence-corrected chi connectivity index (χ4v) is 0.517. The maximum absolute atomic E-state index is 10.6. The third-order valence-electron chi connectivity index (χ3n) is 0.924. The summed E-state index contributed by atoms with van der Waals surface area (Å²) in [6.07, 6.45) is 1.46. The smallest absolute Gasteiger partial charge is 0.220 e. The Labute approximate surface area is 55.1 Å². The van der Waals surface area contributed by atoms with Gasteiger partial charge in [-0.25, -0.2) is 0 Å². The van der Waals surface area contributed by atoms with Gasteiger partial charge in [-0.2, -0.15) is 0 Å². The summed E-state index contributed by atoms with van der Waals surface area (Å²) in [7, 11) is 0. The second kappa shape index (κ2) is 5.56. The predicted octanol–water partition coefficient (Wildman–Crippen LogP) is -0.373. The summed E-state index contributed by atoms with van der Waals surface area (Å²) < 4.78 is 0. The first-order valence-electron chi connectivity index (χ1n) is 3.22. The molecule has 0 unspecified atom stereocenters. The van der Waals surface area contributed by atoms with Gasteiger partial charge < -0.3 is 10.4 Å². The number of carbonyl (C=O) groups is 1. The third kappa shape index (κ3) is 5.30. The van der Waals surface area contributed by atoms with Gasteiger partial charge in [-0.3, -0.25) is 4.79 Å². The van der Waals surface area contributed by atoms with Crippen molar-refractivity contribution in [2.24, 2.45) is 0 Å². The van der Waals surface area contributed by atoms with Gasteiger partial charge in [0.15, 0.2) is 6.61 Å². The van der Waals surface area contributed by atoms with Crippen molar-refractivity contribution < 1.29 is 9.90 Å². The molecule has 0 spiro atoms. The van der Waals surface area contributed by atoms with Crippen LogP contribution in [0.4, 0.5) is 0 Å². The van der Waals surface area contributed by atoms with Crippen molar-refractivity contribution in [1.29, 1.82) is 0 Å². The zero-order valence-corrected chi connectivity index (χ0v) is 5.74. The highest BCUT2D eigenvalue weighted by Crippen LogP contribution is 1.83. The molecular weight excluding hydrogens is 118 g/mol. The van der Waals surface area contributed by atoms with E-state index in [2.05, 4.69) is 5.32 Å². The molecule has 0 rings (SSSR count). The number of nitrogens with one attached hydrogen (secondary N) is 1. The average Bonchev–Trinajstić information content (AvgIpc) is 1.85. The van der Waals surface area contributed by atoms with Crippen LogP contribution in [0.5, 0.6) is 0 Å². The number of hydrogen-bond acceptors (Lipinski definition) is 1. The van der Waals surface area contributed by atoms with Gasteiger partial charge in [0.1, 0.15) is 0 Å². The molecule has 0 aliphatic rings. The molecule has 0 aromatic carbocycles. The van der Waals surface area contributed by atoms with E-state index in [9.17, 15) is 4.79 Å². The molecule has 3 N–H and O–H groups in total. The van der Waals surface area contributed by atoms with Crippen molar-refractivity contribution in [3.05, 3.63) is 0 Å². The second-order valence-corrected chi connectivity index (χ2v) is 1.85. The molecule has 0 aliphatic heterocycles. The van der Waals surface area contributed by atoms with E-state index in [1.54, 1.807) is 0 Å². The molecule has 0 aromatic heterocycles. The molecule has 1 amide bonds. The van der Waals surface area contributed by atoms with E-state index < -0.39 is 0 Å². The minimum absolute atomic E-state index is 0.0600. The minimum atomic E-state index is 0.0600. The van der Waals surface area contributed by atoms with Gasteiger partial charge in [0, 0.05) is 6.42 Å². The zero-order valence-electron chi connectivity index (χ0n) is 5.74. The fourth-order valence-electron chi connectivity index (χ4n) is 0.517. The molecule has 54 valence electrons. The first-order valence-corrected chi connectivity index (χ1v) is 3.22. The van der Waals surface area contributed by atoms with Crippen LogP contribution >= 0.6 is 0 Å². The van der Waals surface area contributed by atoms with E-state index in [1.807, 2.05) is 6.92 Å². The highest BCUT2D eigenvalue weighted by atomic mass is 16.3. The first-order chi connectivity index (χ1) is 4.31. The van der Waals surface area contributed by atoms with Crippen LogP contribution in [-0.4, -0.2) is 24.2 Å². The van der Waals surface area contributed by atoms with Crippen LogP contribution in [0, 0.1) is 0 Å². The molecule has 9 heavy (non-hydrogen) atoms. The Morgan fingerprint density at radius 1 is 1.67 bits per heavy atom. The van der Waals surface area contributed by atoms with Crippen molar-refractivity contribution in [2.45, 2.75) is 19.8 Å². The van der Waals surface area contributed by atoms with Gasteiger partial charge in [-0.1, -0.05) is 6.92 Å². The van der Waals surface area contributed by atoms with Crippen molar-refractivity contribution in [3.8, 4) is 0 Å². The van der Waals surface area contributed by atoms with E-state index in [4.69, 9.17) is 5.11 Å². The lowest BCUT2D eigenvalue weighted by atomic mass is 10.3. The van der Waals surface area contributed by atoms with Crippen molar-refractivity contribution in [1.82, 2.24) is 5.32 Å². The standard InChI is InChI=1S/C6H13NO2/c1-2-3-6(9)7-4-5-8/h8H,2-5H2,1H3,(H,7,9)/p+1. The molecule has 0 heterocycles. The van der Waals surface area contributed by atoms with Gasteiger partial charge in [-0.15, -0.1) is 0 Å². The number of amides is 1. The van der Waals surface area contributed by atoms with Crippen molar-refractivity contribution >= 4 is 5.91 Å². The van der Waals surface area contributed by atoms with Crippen LogP contribution in [-0.2, 0) is 4.79 Å². The monoisotopic (exact) mass is 132 g/mol. The van der Waals surface area contributed by atoms with Crippen LogP contribution in [0.1, 0.15) is 19.8 Å². The van der Waals surface area contributed by atoms with Crippen LogP contribution in [0.25, 0.3) is 0 Å². The lowest BCUT2D eigenvalue weighted by molar-refractivity contribution is -0.121. The minimum Gasteiger partial charge on any atom is -0.444 e. The summed E-state index contributed by atoms with van der Waals surface area (Å²) in [4.78, 5) is 10.6. The van der Waals surface area contributed by atoms with Crippen LogP contribution in [0.3, 0.4) is 0 Å². The van der Waals surface area contributed by atoms with Gasteiger partial charge in [0.2, 0.25) is 5.91 Å². The average molecular weight is 132 g/mol. The van der Waals surface area contributed by atoms with Crippen LogP contribution < -0.4 is 5.32 Å². The largest absolute Gasteiger partial charge is 0.444 e. The van der Waals surface area contributed by atoms with E-state index in [0.717, 1.165) is 6.42 Å². The third-order valence-corrected chi connectivity index (χ3v) is 0.924. The summed E-state index contributed by atoms with van der Waals surface area (Å²) in [5, 5.41) is 9.32. The Bertz CT molecular complexity index is 83.1. The van der Waals surface area contributed by atoms with E-state index in [0.29, 0.717) is 13.0 Å².